The zero-order chi connectivity index (χ0) is 14.8. The number of hydrogen-bond donors (Lipinski definition) is 2. The topological polar surface area (TPSA) is 41.1 Å². The molecule has 0 saturated heterocycles. The Balaban J connectivity index is 1.91. The number of para-hydroxylation sites is 1. The molecule has 0 saturated carbocycles. The number of amides is 1. The molecular formula is C17H17FN2O. The summed E-state index contributed by atoms with van der Waals surface area (Å²) in [6, 6.07) is 10.4. The maximum atomic E-state index is 13.5. The van der Waals surface area contributed by atoms with E-state index in [4.69, 9.17) is 0 Å². The third-order valence-corrected chi connectivity index (χ3v) is 3.84. The van der Waals surface area contributed by atoms with Gasteiger partial charge >= 0.3 is 0 Å². The molecule has 108 valence electrons. The minimum Gasteiger partial charge on any atom is -0.384 e. The lowest BCUT2D eigenvalue weighted by atomic mass is 9.99. The number of rotatable bonds is 2. The summed E-state index contributed by atoms with van der Waals surface area (Å²) in [4.78, 5) is 12.5. The minimum absolute atomic E-state index is 0.213. The quantitative estimate of drug-likeness (QED) is 0.882. The number of benzene rings is 2. The molecule has 0 radical (unpaired) electrons. The molecule has 2 aromatic carbocycles. The molecule has 3 rings (SSSR count). The minimum atomic E-state index is -0.319. The van der Waals surface area contributed by atoms with Crippen molar-refractivity contribution in [2.24, 2.45) is 0 Å². The van der Waals surface area contributed by atoms with Crippen LogP contribution in [0.15, 0.2) is 36.4 Å². The molecule has 0 unspecified atom stereocenters. The molecule has 1 aliphatic rings. The first-order chi connectivity index (χ1) is 10.2. The van der Waals surface area contributed by atoms with Gasteiger partial charge in [-0.1, -0.05) is 18.2 Å². The van der Waals surface area contributed by atoms with Gasteiger partial charge in [0.2, 0.25) is 0 Å². The van der Waals surface area contributed by atoms with Gasteiger partial charge in [-0.3, -0.25) is 4.79 Å². The van der Waals surface area contributed by atoms with E-state index in [1.54, 1.807) is 25.1 Å². The first-order valence-electron chi connectivity index (χ1n) is 7.09. The van der Waals surface area contributed by atoms with E-state index >= 15 is 0 Å². The predicted molar refractivity (Wildman–Crippen MR) is 82.3 cm³/mol. The van der Waals surface area contributed by atoms with Gasteiger partial charge < -0.3 is 10.6 Å². The van der Waals surface area contributed by atoms with Crippen LogP contribution in [-0.2, 0) is 6.42 Å². The Morgan fingerprint density at radius 3 is 2.90 bits per heavy atom. The van der Waals surface area contributed by atoms with Crippen molar-refractivity contribution >= 4 is 17.3 Å². The highest BCUT2D eigenvalue weighted by atomic mass is 19.1. The number of anilines is 2. The monoisotopic (exact) mass is 284 g/mol. The van der Waals surface area contributed by atoms with Crippen LogP contribution in [-0.4, -0.2) is 12.5 Å². The Morgan fingerprint density at radius 2 is 2.05 bits per heavy atom. The van der Waals surface area contributed by atoms with Gasteiger partial charge in [0, 0.05) is 17.8 Å². The molecule has 2 aromatic rings. The zero-order valence-corrected chi connectivity index (χ0v) is 11.9. The lowest BCUT2D eigenvalue weighted by molar-refractivity contribution is 0.102. The van der Waals surface area contributed by atoms with E-state index in [9.17, 15) is 9.18 Å². The Bertz CT molecular complexity index is 697. The molecule has 3 nitrogen and oxygen atoms in total. The van der Waals surface area contributed by atoms with Crippen molar-refractivity contribution in [3.8, 4) is 0 Å². The first kappa shape index (κ1) is 13.6. The van der Waals surface area contributed by atoms with Crippen molar-refractivity contribution in [3.05, 3.63) is 58.9 Å². The number of hydrogen-bond acceptors (Lipinski definition) is 2. The standard InChI is InChI=1S/C17H17FN2O/c1-11-14(18)8-3-9-15(11)20-17(21)13-7-2-5-12-6-4-10-19-16(12)13/h2-3,5,7-9,19H,4,6,10H2,1H3,(H,20,21). The van der Waals surface area contributed by atoms with Crippen LogP contribution in [0.3, 0.4) is 0 Å². The van der Waals surface area contributed by atoms with Crippen LogP contribution in [0.25, 0.3) is 0 Å². The summed E-state index contributed by atoms with van der Waals surface area (Å²) in [5.74, 6) is -0.532. The Morgan fingerprint density at radius 1 is 1.24 bits per heavy atom. The van der Waals surface area contributed by atoms with Crippen molar-refractivity contribution in [3.63, 3.8) is 0 Å². The smallest absolute Gasteiger partial charge is 0.257 e. The van der Waals surface area contributed by atoms with E-state index < -0.39 is 0 Å². The SMILES string of the molecule is Cc1c(F)cccc1NC(=O)c1cccc2c1NCCC2. The second kappa shape index (κ2) is 5.56. The molecular weight excluding hydrogens is 267 g/mol. The molecule has 0 atom stereocenters. The lowest BCUT2D eigenvalue weighted by Crippen LogP contribution is -2.19. The van der Waals surface area contributed by atoms with Crippen molar-refractivity contribution < 1.29 is 9.18 Å². The lowest BCUT2D eigenvalue weighted by Gasteiger charge is -2.21. The van der Waals surface area contributed by atoms with Crippen molar-refractivity contribution in [2.45, 2.75) is 19.8 Å². The number of aryl methyl sites for hydroxylation is 1. The summed E-state index contributed by atoms with van der Waals surface area (Å²) in [6.07, 6.45) is 2.05. The second-order valence-electron chi connectivity index (χ2n) is 5.24. The van der Waals surface area contributed by atoms with Crippen LogP contribution in [0.5, 0.6) is 0 Å². The number of halogens is 1. The van der Waals surface area contributed by atoms with E-state index in [0.29, 0.717) is 16.8 Å². The average Bonchev–Trinajstić information content (AvgIpc) is 2.51. The van der Waals surface area contributed by atoms with E-state index in [0.717, 1.165) is 30.6 Å². The van der Waals surface area contributed by atoms with Gasteiger partial charge in [0.05, 0.1) is 11.3 Å². The molecule has 0 aromatic heterocycles. The molecule has 0 bridgehead atoms. The Kier molecular flexibility index (Phi) is 3.60. The number of nitrogens with one attached hydrogen (secondary N) is 2. The maximum absolute atomic E-state index is 13.5. The fourth-order valence-corrected chi connectivity index (χ4v) is 2.63. The number of carbonyl (C=O) groups excluding carboxylic acids is 1. The number of fused-ring (bicyclic) bond motifs is 1. The molecule has 21 heavy (non-hydrogen) atoms. The van der Waals surface area contributed by atoms with E-state index in [-0.39, 0.29) is 11.7 Å². The molecule has 0 fully saturated rings. The predicted octanol–water partition coefficient (Wildman–Crippen LogP) is 3.74. The normalized spacial score (nSPS) is 13.2. The Labute approximate surface area is 123 Å². The molecule has 1 aliphatic heterocycles. The summed E-state index contributed by atoms with van der Waals surface area (Å²) in [5.41, 5.74) is 3.62. The van der Waals surface area contributed by atoms with Crippen LogP contribution < -0.4 is 10.6 Å². The van der Waals surface area contributed by atoms with E-state index in [1.165, 1.54) is 6.07 Å². The van der Waals surface area contributed by atoms with Crippen LogP contribution in [0.1, 0.15) is 27.9 Å². The van der Waals surface area contributed by atoms with Gasteiger partial charge in [0.1, 0.15) is 5.82 Å². The van der Waals surface area contributed by atoms with Crippen LogP contribution in [0.2, 0.25) is 0 Å². The molecule has 0 spiro atoms. The molecule has 1 amide bonds. The van der Waals surface area contributed by atoms with Gasteiger partial charge in [0.15, 0.2) is 0 Å². The maximum Gasteiger partial charge on any atom is 0.257 e. The van der Waals surface area contributed by atoms with Gasteiger partial charge in [-0.2, -0.15) is 0 Å². The van der Waals surface area contributed by atoms with Gasteiger partial charge in [-0.15, -0.1) is 0 Å². The van der Waals surface area contributed by atoms with Gasteiger partial charge in [-0.25, -0.2) is 4.39 Å². The highest BCUT2D eigenvalue weighted by molar-refractivity contribution is 6.08. The number of carbonyl (C=O) groups is 1. The molecule has 0 aliphatic carbocycles. The van der Waals surface area contributed by atoms with Crippen LogP contribution >= 0.6 is 0 Å². The summed E-state index contributed by atoms with van der Waals surface area (Å²) in [5, 5.41) is 6.09. The summed E-state index contributed by atoms with van der Waals surface area (Å²) in [7, 11) is 0. The van der Waals surface area contributed by atoms with Crippen molar-refractivity contribution in [1.82, 2.24) is 0 Å². The van der Waals surface area contributed by atoms with Gasteiger partial charge in [-0.05, 0) is 43.5 Å². The Hall–Kier alpha value is -2.36. The second-order valence-corrected chi connectivity index (χ2v) is 5.24. The van der Waals surface area contributed by atoms with E-state index in [1.807, 2.05) is 12.1 Å². The molecule has 2 N–H and O–H groups in total. The van der Waals surface area contributed by atoms with Gasteiger partial charge in [0.25, 0.3) is 5.91 Å². The third kappa shape index (κ3) is 2.61. The summed E-state index contributed by atoms with van der Waals surface area (Å²) >= 11 is 0. The largest absolute Gasteiger partial charge is 0.384 e. The van der Waals surface area contributed by atoms with Crippen molar-refractivity contribution in [1.29, 1.82) is 0 Å². The fraction of sp³-hybridized carbons (Fsp3) is 0.235. The molecule has 1 heterocycles. The summed E-state index contributed by atoms with van der Waals surface area (Å²) in [6.45, 7) is 2.53. The van der Waals surface area contributed by atoms with E-state index in [2.05, 4.69) is 10.6 Å². The molecule has 4 heteroatoms. The fourth-order valence-electron chi connectivity index (χ4n) is 2.63. The van der Waals surface area contributed by atoms with Crippen molar-refractivity contribution in [2.75, 3.05) is 17.2 Å². The van der Waals surface area contributed by atoms with Crippen LogP contribution in [0.4, 0.5) is 15.8 Å². The third-order valence-electron chi connectivity index (χ3n) is 3.84. The van der Waals surface area contributed by atoms with Crippen LogP contribution in [0, 0.1) is 12.7 Å². The highest BCUT2D eigenvalue weighted by Gasteiger charge is 2.18. The zero-order valence-electron chi connectivity index (χ0n) is 11.9. The highest BCUT2D eigenvalue weighted by Crippen LogP contribution is 2.27. The summed E-state index contributed by atoms with van der Waals surface area (Å²) < 4.78 is 13.5. The average molecular weight is 284 g/mol. The first-order valence-corrected chi connectivity index (χ1v) is 7.09.